The molecule has 122 heavy (non-hydrogen) atoms. The Morgan fingerprint density at radius 1 is 0.148 bits per heavy atom. The van der Waals surface area contributed by atoms with Crippen molar-refractivity contribution in [3.63, 3.8) is 0 Å². The zero-order chi connectivity index (χ0) is 80.6. The number of furan rings is 2. The van der Waals surface area contributed by atoms with Crippen molar-refractivity contribution >= 4 is 156 Å². The molecule has 23 aromatic rings. The average molecular weight is 1560 g/mol. The predicted octanol–water partition coefficient (Wildman–Crippen LogP) is 32.2. The van der Waals surface area contributed by atoms with Gasteiger partial charge in [-0.3, -0.25) is 0 Å². The number of hydrogen-bond donors (Lipinski definition) is 0. The van der Waals surface area contributed by atoms with Crippen molar-refractivity contribution in [3.05, 3.63) is 461 Å². The second kappa shape index (κ2) is 29.9. The highest BCUT2D eigenvalue weighted by molar-refractivity contribution is 6.13. The maximum absolute atomic E-state index is 6.57. The number of hydrogen-bond acceptors (Lipinski definition) is 6. The summed E-state index contributed by atoms with van der Waals surface area (Å²) in [6, 6.07) is 166. The lowest BCUT2D eigenvalue weighted by Gasteiger charge is -2.28. The van der Waals surface area contributed by atoms with Gasteiger partial charge in [-0.05, 0) is 240 Å². The number of benzene rings is 19. The summed E-state index contributed by atoms with van der Waals surface area (Å²) >= 11 is 0. The molecule has 0 bridgehead atoms. The highest BCUT2D eigenvalue weighted by Crippen LogP contribution is 2.47. The van der Waals surface area contributed by atoms with E-state index in [1.54, 1.807) is 0 Å². The van der Waals surface area contributed by atoms with Crippen molar-refractivity contribution in [1.29, 1.82) is 0 Å². The van der Waals surface area contributed by atoms with Crippen LogP contribution in [0.2, 0.25) is 0 Å². The third-order valence-corrected chi connectivity index (χ3v) is 24.1. The number of nitrogens with zero attached hydrogens (tertiary/aromatic N) is 6. The van der Waals surface area contributed by atoms with Crippen molar-refractivity contribution < 1.29 is 8.83 Å². The lowest BCUT2D eigenvalue weighted by atomic mass is 9.99. The Morgan fingerprint density at radius 2 is 0.352 bits per heavy atom. The summed E-state index contributed by atoms with van der Waals surface area (Å²) in [6.45, 7) is 0. The van der Waals surface area contributed by atoms with Crippen LogP contribution in [0.25, 0.3) is 143 Å². The molecule has 0 spiro atoms. The van der Waals surface area contributed by atoms with Gasteiger partial charge in [0.2, 0.25) is 0 Å². The molecule has 0 radical (unpaired) electrons. The fourth-order valence-corrected chi connectivity index (χ4v) is 18.3. The SMILES string of the molecule is c1ccc(N(c2ccc(N(c3ccc(-c4ccc(-c5ccc(N(c6ccc(-c7cccc8c7oc7ccccc78)cc6)c6ccc(N(c7ccccc7)c7ccc(-n8c9ccccc9c9ccccc98)cc7)cc6)cc5)cc4)cc3)c3ccc(-c4cccc5c4oc4ccccc45)cc3)cc2)c2ccc(-n3c4ccccc4c4ccccc43)cc2)cc1. The molecule has 0 N–H and O–H groups in total. The molecule has 0 unspecified atom stereocenters. The topological polar surface area (TPSA) is 49.1 Å². The number of fused-ring (bicyclic) bond motifs is 12. The fourth-order valence-electron chi connectivity index (χ4n) is 18.3. The minimum Gasteiger partial charge on any atom is -0.455 e. The van der Waals surface area contributed by atoms with Crippen LogP contribution in [0, 0.1) is 0 Å². The third kappa shape index (κ3) is 12.5. The lowest BCUT2D eigenvalue weighted by molar-refractivity contribution is 0.669. The van der Waals surface area contributed by atoms with Crippen LogP contribution in [-0.2, 0) is 0 Å². The maximum Gasteiger partial charge on any atom is 0.143 e. The second-order valence-corrected chi connectivity index (χ2v) is 31.1. The number of para-hydroxylation sites is 10. The summed E-state index contributed by atoms with van der Waals surface area (Å²) < 4.78 is 17.9. The molecular weight excluding hydrogens is 1490 g/mol. The van der Waals surface area contributed by atoms with Crippen molar-refractivity contribution in [2.75, 3.05) is 19.6 Å². The van der Waals surface area contributed by atoms with Crippen LogP contribution in [0.15, 0.2) is 470 Å². The molecule has 0 fully saturated rings. The number of anilines is 12. The summed E-state index contributed by atoms with van der Waals surface area (Å²) in [7, 11) is 0. The Kier molecular flexibility index (Phi) is 17.4. The van der Waals surface area contributed by atoms with Gasteiger partial charge in [0.05, 0.1) is 22.1 Å². The first kappa shape index (κ1) is 70.9. The van der Waals surface area contributed by atoms with Crippen LogP contribution in [-0.4, -0.2) is 9.13 Å². The van der Waals surface area contributed by atoms with Crippen molar-refractivity contribution in [2.24, 2.45) is 0 Å². The smallest absolute Gasteiger partial charge is 0.143 e. The first-order chi connectivity index (χ1) is 60.5. The molecule has 0 aliphatic carbocycles. The van der Waals surface area contributed by atoms with E-state index in [-0.39, 0.29) is 0 Å². The van der Waals surface area contributed by atoms with Gasteiger partial charge in [0.25, 0.3) is 0 Å². The molecule has 0 aliphatic heterocycles. The zero-order valence-corrected chi connectivity index (χ0v) is 66.4. The molecule has 4 heterocycles. The Labute approximate surface area is 705 Å². The molecule has 574 valence electrons. The van der Waals surface area contributed by atoms with Gasteiger partial charge in [-0.25, -0.2) is 0 Å². The first-order valence-electron chi connectivity index (χ1n) is 41.5. The Bertz CT molecular complexity index is 7240. The Morgan fingerprint density at radius 3 is 0.639 bits per heavy atom. The van der Waals surface area contributed by atoms with E-state index in [2.05, 4.69) is 466 Å². The van der Waals surface area contributed by atoms with Crippen molar-refractivity contribution in [2.45, 2.75) is 0 Å². The van der Waals surface area contributed by atoms with Gasteiger partial charge in [0, 0.05) is 134 Å². The zero-order valence-electron chi connectivity index (χ0n) is 66.4. The van der Waals surface area contributed by atoms with E-state index in [4.69, 9.17) is 8.83 Å². The quantitative estimate of drug-likeness (QED) is 0.0853. The molecule has 8 heteroatoms. The van der Waals surface area contributed by atoms with Crippen LogP contribution >= 0.6 is 0 Å². The van der Waals surface area contributed by atoms with E-state index >= 15 is 0 Å². The number of aromatic nitrogens is 2. The monoisotopic (exact) mass is 1560 g/mol. The van der Waals surface area contributed by atoms with Gasteiger partial charge < -0.3 is 37.6 Å². The largest absolute Gasteiger partial charge is 0.455 e. The van der Waals surface area contributed by atoms with Crippen LogP contribution in [0.5, 0.6) is 0 Å². The van der Waals surface area contributed by atoms with Crippen molar-refractivity contribution in [1.82, 2.24) is 9.13 Å². The lowest BCUT2D eigenvalue weighted by Crippen LogP contribution is -2.12. The van der Waals surface area contributed by atoms with E-state index in [1.165, 1.54) is 43.6 Å². The predicted molar refractivity (Wildman–Crippen MR) is 510 cm³/mol. The van der Waals surface area contributed by atoms with Crippen LogP contribution < -0.4 is 19.6 Å². The molecule has 19 aromatic carbocycles. The van der Waals surface area contributed by atoms with Gasteiger partial charge >= 0.3 is 0 Å². The highest BCUT2D eigenvalue weighted by atomic mass is 16.3. The Hall–Kier alpha value is -16.4. The third-order valence-electron chi connectivity index (χ3n) is 24.1. The van der Waals surface area contributed by atoms with Crippen LogP contribution in [0.4, 0.5) is 68.2 Å². The van der Waals surface area contributed by atoms with E-state index in [1.807, 2.05) is 24.3 Å². The van der Waals surface area contributed by atoms with Crippen LogP contribution in [0.1, 0.15) is 0 Å². The van der Waals surface area contributed by atoms with Crippen molar-refractivity contribution in [3.8, 4) is 55.9 Å². The fraction of sp³-hybridized carbons (Fsp3) is 0. The van der Waals surface area contributed by atoms with Gasteiger partial charge in [0.15, 0.2) is 0 Å². The summed E-state index contributed by atoms with van der Waals surface area (Å²) in [4.78, 5) is 9.37. The Balaban J connectivity index is 0.557. The van der Waals surface area contributed by atoms with Gasteiger partial charge in [-0.2, -0.15) is 0 Å². The summed E-state index contributed by atoms with van der Waals surface area (Å²) in [6.07, 6.45) is 0. The maximum atomic E-state index is 6.57. The minimum atomic E-state index is 0.882. The van der Waals surface area contributed by atoms with Gasteiger partial charge in [-0.15, -0.1) is 0 Å². The number of rotatable bonds is 18. The van der Waals surface area contributed by atoms with E-state index < -0.39 is 0 Å². The molecule has 0 saturated carbocycles. The molecule has 23 rings (SSSR count). The van der Waals surface area contributed by atoms with Gasteiger partial charge in [0.1, 0.15) is 22.3 Å². The summed E-state index contributed by atoms with van der Waals surface area (Å²) in [5.41, 5.74) is 31.7. The van der Waals surface area contributed by atoms with E-state index in [0.29, 0.717) is 0 Å². The van der Waals surface area contributed by atoms with E-state index in [9.17, 15) is 0 Å². The molecule has 0 atom stereocenters. The molecule has 0 aliphatic rings. The normalized spacial score (nSPS) is 11.6. The summed E-state index contributed by atoms with van der Waals surface area (Å²) in [5.74, 6) is 0. The van der Waals surface area contributed by atoms with E-state index in [0.717, 1.165) is 168 Å². The minimum absolute atomic E-state index is 0.882. The molecule has 4 aromatic heterocycles. The molecule has 0 amide bonds. The standard InChI is InChI=1S/C114H76N6O2/c1-3-21-83(22-4-1)115(91-69-73-95(74-70-91)119-107-35-13-7-25-99(107)100-26-8-14-36-108(100)119)89-61-65-93(66-62-89)117(87-57-49-81(50-58-87)97-31-19-33-105-103-29-11-17-39-111(103)121-113(97)105)85-53-45-79(46-54-85)77-41-43-78(44-42-77)80-47-55-86(56-48-80)118(88-59-51-82(52-60-88)98-32-20-34-106-104-30-12-18-40-112(104)122-114(98)106)94-67-63-90(64-68-94)116(84-23-5-2-6-24-84)92-71-75-96(76-72-92)120-109-37-15-9-27-101(109)102-28-10-16-38-110(102)120/h1-76H. The average Bonchev–Trinajstić information content (AvgIpc) is 1.57. The highest BCUT2D eigenvalue weighted by Gasteiger charge is 2.24. The van der Waals surface area contributed by atoms with Crippen LogP contribution in [0.3, 0.4) is 0 Å². The summed E-state index contributed by atoms with van der Waals surface area (Å²) in [5, 5.41) is 9.40. The molecule has 8 nitrogen and oxygen atoms in total. The molecular formula is C114H76N6O2. The first-order valence-corrected chi connectivity index (χ1v) is 41.5. The molecule has 0 saturated heterocycles. The van der Waals surface area contributed by atoms with Gasteiger partial charge in [-0.1, -0.05) is 255 Å². The second-order valence-electron chi connectivity index (χ2n) is 31.1.